The monoisotopic (exact) mass is 267 g/mol. The van der Waals surface area contributed by atoms with Gasteiger partial charge >= 0.3 is 0 Å². The van der Waals surface area contributed by atoms with E-state index in [2.05, 4.69) is 22.0 Å². The fourth-order valence-corrected chi connectivity index (χ4v) is 3.42. The molecule has 1 N–H and O–H groups in total. The quantitative estimate of drug-likeness (QED) is 0.692. The molecule has 2 saturated heterocycles. The first-order valence-electron chi connectivity index (χ1n) is 8.56. The van der Waals surface area contributed by atoms with Gasteiger partial charge in [0.25, 0.3) is 0 Å². The lowest BCUT2D eigenvalue weighted by molar-refractivity contribution is 0.225. The van der Waals surface area contributed by atoms with Crippen molar-refractivity contribution >= 4 is 0 Å². The number of hydrogen-bond donors (Lipinski definition) is 1. The molecule has 2 fully saturated rings. The second-order valence-corrected chi connectivity index (χ2v) is 6.35. The van der Waals surface area contributed by atoms with E-state index in [0.29, 0.717) is 0 Å². The van der Waals surface area contributed by atoms with Crippen LogP contribution in [0.3, 0.4) is 0 Å². The molecule has 2 heterocycles. The number of likely N-dealkylation sites (tertiary alicyclic amines) is 1. The van der Waals surface area contributed by atoms with E-state index in [1.165, 1.54) is 90.8 Å². The van der Waals surface area contributed by atoms with Gasteiger partial charge in [-0.3, -0.25) is 0 Å². The van der Waals surface area contributed by atoms with Crippen molar-refractivity contribution in [3.8, 4) is 0 Å². The molecule has 0 bridgehead atoms. The molecule has 19 heavy (non-hydrogen) atoms. The maximum absolute atomic E-state index is 3.64. The molecule has 2 aliphatic heterocycles. The van der Waals surface area contributed by atoms with Gasteiger partial charge in [-0.05, 0) is 77.8 Å². The van der Waals surface area contributed by atoms with Crippen LogP contribution in [0.2, 0.25) is 0 Å². The molecule has 1 unspecified atom stereocenters. The average Bonchev–Trinajstić information content (AvgIpc) is 3.08. The number of nitrogens with zero attached hydrogens (tertiary/aromatic N) is 2. The summed E-state index contributed by atoms with van der Waals surface area (Å²) in [5, 5.41) is 3.64. The molecule has 0 radical (unpaired) electrons. The van der Waals surface area contributed by atoms with Crippen molar-refractivity contribution in [2.45, 2.75) is 57.9 Å². The first kappa shape index (κ1) is 15.3. The van der Waals surface area contributed by atoms with Gasteiger partial charge in [-0.15, -0.1) is 0 Å². The van der Waals surface area contributed by atoms with Gasteiger partial charge in [0.15, 0.2) is 0 Å². The Morgan fingerprint density at radius 1 is 1.11 bits per heavy atom. The molecular formula is C16H33N3. The van der Waals surface area contributed by atoms with Crippen LogP contribution in [0.25, 0.3) is 0 Å². The van der Waals surface area contributed by atoms with Gasteiger partial charge in [0.2, 0.25) is 0 Å². The second-order valence-electron chi connectivity index (χ2n) is 6.35. The van der Waals surface area contributed by atoms with Crippen LogP contribution in [0.5, 0.6) is 0 Å². The van der Waals surface area contributed by atoms with Gasteiger partial charge in [-0.2, -0.15) is 0 Å². The molecule has 1 atom stereocenters. The molecule has 0 saturated carbocycles. The molecule has 0 aliphatic carbocycles. The summed E-state index contributed by atoms with van der Waals surface area (Å²) < 4.78 is 0. The lowest BCUT2D eigenvalue weighted by atomic mass is 10.2. The van der Waals surface area contributed by atoms with E-state index in [0.717, 1.165) is 6.04 Å². The molecule has 2 aliphatic rings. The van der Waals surface area contributed by atoms with Gasteiger partial charge in [-0.25, -0.2) is 0 Å². The van der Waals surface area contributed by atoms with Gasteiger partial charge in [-0.1, -0.05) is 13.3 Å². The molecule has 0 aromatic rings. The first-order chi connectivity index (χ1) is 9.38. The highest BCUT2D eigenvalue weighted by atomic mass is 15.2. The fraction of sp³-hybridized carbons (Fsp3) is 1.00. The Kier molecular flexibility index (Phi) is 7.18. The van der Waals surface area contributed by atoms with E-state index in [1.54, 1.807) is 0 Å². The molecule has 2 rings (SSSR count). The normalized spacial score (nSPS) is 24.6. The molecule has 0 spiro atoms. The minimum Gasteiger partial charge on any atom is -0.313 e. The van der Waals surface area contributed by atoms with Gasteiger partial charge < -0.3 is 15.1 Å². The van der Waals surface area contributed by atoms with Gasteiger partial charge in [0.05, 0.1) is 0 Å². The summed E-state index contributed by atoms with van der Waals surface area (Å²) in [6.45, 7) is 11.4. The molecule has 0 aromatic heterocycles. The third-order valence-electron chi connectivity index (χ3n) is 4.62. The molecule has 3 nitrogen and oxygen atoms in total. The van der Waals surface area contributed by atoms with Crippen molar-refractivity contribution in [3.05, 3.63) is 0 Å². The maximum Gasteiger partial charge on any atom is 0.0195 e. The number of nitrogens with one attached hydrogen (secondary N) is 1. The largest absolute Gasteiger partial charge is 0.313 e. The standard InChI is InChI=1S/C16H33N3/c1-2-3-10-19(15-16-8-6-9-17-16)14-7-13-18-11-4-5-12-18/h16-17H,2-15H2,1H3. The predicted octanol–water partition coefficient (Wildman–Crippen LogP) is 2.33. The van der Waals surface area contributed by atoms with Crippen molar-refractivity contribution in [1.29, 1.82) is 0 Å². The summed E-state index contributed by atoms with van der Waals surface area (Å²) in [5.41, 5.74) is 0. The first-order valence-corrected chi connectivity index (χ1v) is 8.56. The number of rotatable bonds is 9. The third-order valence-corrected chi connectivity index (χ3v) is 4.62. The smallest absolute Gasteiger partial charge is 0.0195 e. The minimum atomic E-state index is 0.767. The van der Waals surface area contributed by atoms with E-state index in [4.69, 9.17) is 0 Å². The van der Waals surface area contributed by atoms with Crippen LogP contribution in [0.15, 0.2) is 0 Å². The van der Waals surface area contributed by atoms with E-state index >= 15 is 0 Å². The summed E-state index contributed by atoms with van der Waals surface area (Å²) in [6.07, 6.45) is 9.64. The summed E-state index contributed by atoms with van der Waals surface area (Å²) in [7, 11) is 0. The van der Waals surface area contributed by atoms with Crippen LogP contribution in [0, 0.1) is 0 Å². The van der Waals surface area contributed by atoms with Crippen LogP contribution >= 0.6 is 0 Å². The fourth-order valence-electron chi connectivity index (χ4n) is 3.42. The molecule has 0 aromatic carbocycles. The van der Waals surface area contributed by atoms with E-state index in [9.17, 15) is 0 Å². The van der Waals surface area contributed by atoms with Gasteiger partial charge in [0.1, 0.15) is 0 Å². The zero-order valence-corrected chi connectivity index (χ0v) is 12.9. The van der Waals surface area contributed by atoms with Crippen LogP contribution in [-0.4, -0.2) is 61.7 Å². The van der Waals surface area contributed by atoms with E-state index in [-0.39, 0.29) is 0 Å². The second kappa shape index (κ2) is 8.93. The van der Waals surface area contributed by atoms with Crippen LogP contribution in [0.1, 0.15) is 51.9 Å². The van der Waals surface area contributed by atoms with Crippen molar-refractivity contribution in [2.24, 2.45) is 0 Å². The van der Waals surface area contributed by atoms with Crippen molar-refractivity contribution in [1.82, 2.24) is 15.1 Å². The molecule has 112 valence electrons. The van der Waals surface area contributed by atoms with E-state index < -0.39 is 0 Å². The zero-order chi connectivity index (χ0) is 13.3. The summed E-state index contributed by atoms with van der Waals surface area (Å²) in [6, 6.07) is 0.767. The van der Waals surface area contributed by atoms with Gasteiger partial charge in [0, 0.05) is 12.6 Å². The number of unbranched alkanes of at least 4 members (excludes halogenated alkanes) is 1. The highest BCUT2D eigenvalue weighted by Crippen LogP contribution is 2.10. The summed E-state index contributed by atoms with van der Waals surface area (Å²) >= 11 is 0. The Hall–Kier alpha value is -0.120. The molecular weight excluding hydrogens is 234 g/mol. The Labute approximate surface area is 119 Å². The Morgan fingerprint density at radius 2 is 1.89 bits per heavy atom. The Balaban J connectivity index is 1.63. The number of hydrogen-bond acceptors (Lipinski definition) is 3. The van der Waals surface area contributed by atoms with Crippen molar-refractivity contribution in [2.75, 3.05) is 45.8 Å². The Bertz CT molecular complexity index is 220. The molecule has 3 heteroatoms. The summed E-state index contributed by atoms with van der Waals surface area (Å²) in [4.78, 5) is 5.36. The van der Waals surface area contributed by atoms with Crippen molar-refractivity contribution < 1.29 is 0 Å². The lowest BCUT2D eigenvalue weighted by Crippen LogP contribution is -2.39. The predicted molar refractivity (Wildman–Crippen MR) is 82.7 cm³/mol. The highest BCUT2D eigenvalue weighted by Gasteiger charge is 2.18. The summed E-state index contributed by atoms with van der Waals surface area (Å²) in [5.74, 6) is 0. The highest BCUT2D eigenvalue weighted by molar-refractivity contribution is 4.78. The lowest BCUT2D eigenvalue weighted by Gasteiger charge is -2.26. The zero-order valence-electron chi connectivity index (χ0n) is 12.9. The average molecular weight is 267 g/mol. The van der Waals surface area contributed by atoms with E-state index in [1.807, 2.05) is 0 Å². The minimum absolute atomic E-state index is 0.767. The third kappa shape index (κ3) is 5.80. The maximum atomic E-state index is 3.64. The van der Waals surface area contributed by atoms with Crippen LogP contribution < -0.4 is 5.32 Å². The van der Waals surface area contributed by atoms with Crippen molar-refractivity contribution in [3.63, 3.8) is 0 Å². The molecule has 0 amide bonds. The topological polar surface area (TPSA) is 18.5 Å². The SMILES string of the molecule is CCCCN(CCCN1CCCC1)CC1CCCN1. The Morgan fingerprint density at radius 3 is 2.58 bits per heavy atom. The van der Waals surface area contributed by atoms with Crippen LogP contribution in [0.4, 0.5) is 0 Å². The van der Waals surface area contributed by atoms with Crippen LogP contribution in [-0.2, 0) is 0 Å².